The molecule has 0 saturated carbocycles. The number of halogens is 2. The van der Waals surface area contributed by atoms with Crippen LogP contribution >= 0.6 is 15.9 Å². The summed E-state index contributed by atoms with van der Waals surface area (Å²) in [6.07, 6.45) is 0.427. The van der Waals surface area contributed by atoms with E-state index in [9.17, 15) is 17.6 Å². The molecule has 0 aromatic heterocycles. The Bertz CT molecular complexity index is 678. The van der Waals surface area contributed by atoms with Gasteiger partial charge >= 0.3 is 0 Å². The van der Waals surface area contributed by atoms with Gasteiger partial charge in [0.2, 0.25) is 0 Å². The zero-order valence-electron chi connectivity index (χ0n) is 11.5. The Kier molecular flexibility index (Phi) is 4.57. The number of nitrogen functional groups attached to an aromatic ring is 1. The molecule has 21 heavy (non-hydrogen) atoms. The first-order valence-corrected chi connectivity index (χ1v) is 9.12. The van der Waals surface area contributed by atoms with Crippen molar-refractivity contribution in [2.45, 2.75) is 19.4 Å². The van der Waals surface area contributed by atoms with Crippen LogP contribution in [-0.2, 0) is 9.84 Å². The minimum absolute atomic E-state index is 0.0269. The van der Waals surface area contributed by atoms with Crippen molar-refractivity contribution >= 4 is 37.4 Å². The van der Waals surface area contributed by atoms with Crippen LogP contribution in [0.5, 0.6) is 0 Å². The van der Waals surface area contributed by atoms with Gasteiger partial charge in [0.25, 0.3) is 5.91 Å². The van der Waals surface area contributed by atoms with Crippen molar-refractivity contribution in [1.82, 2.24) is 4.90 Å². The molecule has 0 radical (unpaired) electrons. The zero-order valence-corrected chi connectivity index (χ0v) is 13.9. The van der Waals surface area contributed by atoms with Crippen LogP contribution in [0.2, 0.25) is 0 Å². The van der Waals surface area contributed by atoms with Gasteiger partial charge in [-0.1, -0.05) is 0 Å². The van der Waals surface area contributed by atoms with Crippen LogP contribution in [-0.4, -0.2) is 43.3 Å². The van der Waals surface area contributed by atoms with Gasteiger partial charge < -0.3 is 10.6 Å². The van der Waals surface area contributed by atoms with Gasteiger partial charge in [0.05, 0.1) is 22.8 Å². The summed E-state index contributed by atoms with van der Waals surface area (Å²) in [6, 6.07) is 2.07. The monoisotopic (exact) mass is 378 g/mol. The second-order valence-corrected chi connectivity index (χ2v) is 8.08. The van der Waals surface area contributed by atoms with Gasteiger partial charge in [0, 0.05) is 17.1 Å². The van der Waals surface area contributed by atoms with E-state index in [1.807, 2.05) is 0 Å². The molecule has 0 bridgehead atoms. The van der Waals surface area contributed by atoms with E-state index in [0.29, 0.717) is 17.4 Å². The van der Waals surface area contributed by atoms with E-state index in [1.165, 1.54) is 11.0 Å². The Labute approximate surface area is 131 Å². The Balaban J connectivity index is 2.31. The maximum absolute atomic E-state index is 13.3. The molecule has 1 heterocycles. The lowest BCUT2D eigenvalue weighted by molar-refractivity contribution is 0.0707. The number of benzene rings is 1. The van der Waals surface area contributed by atoms with Crippen LogP contribution in [0.15, 0.2) is 16.6 Å². The lowest BCUT2D eigenvalue weighted by atomic mass is 10.1. The first kappa shape index (κ1) is 16.2. The summed E-state index contributed by atoms with van der Waals surface area (Å²) in [4.78, 5) is 14.1. The van der Waals surface area contributed by atoms with Crippen molar-refractivity contribution in [2.75, 3.05) is 23.8 Å². The van der Waals surface area contributed by atoms with Gasteiger partial charge in [0.1, 0.15) is 5.82 Å². The number of anilines is 1. The molecule has 1 aromatic carbocycles. The molecule has 0 spiro atoms. The van der Waals surface area contributed by atoms with Gasteiger partial charge in [-0.05, 0) is 41.4 Å². The minimum Gasteiger partial charge on any atom is -0.396 e. The number of sulfone groups is 1. The third-order valence-electron chi connectivity index (χ3n) is 3.57. The van der Waals surface area contributed by atoms with Gasteiger partial charge in [-0.2, -0.15) is 0 Å². The third-order valence-corrected chi connectivity index (χ3v) is 5.97. The second kappa shape index (κ2) is 5.92. The zero-order chi connectivity index (χ0) is 15.8. The summed E-state index contributed by atoms with van der Waals surface area (Å²) in [7, 11) is -3.08. The molecule has 1 fully saturated rings. The van der Waals surface area contributed by atoms with Crippen molar-refractivity contribution < 1.29 is 17.6 Å². The molecule has 1 aromatic rings. The molecule has 1 aliphatic heterocycles. The van der Waals surface area contributed by atoms with E-state index >= 15 is 0 Å². The number of nitrogens with two attached hydrogens (primary N) is 1. The predicted octanol–water partition coefficient (Wildman–Crippen LogP) is 1.82. The molecule has 5 nitrogen and oxygen atoms in total. The molecule has 1 amide bonds. The summed E-state index contributed by atoms with van der Waals surface area (Å²) >= 11 is 3.15. The van der Waals surface area contributed by atoms with Gasteiger partial charge in [-0.15, -0.1) is 0 Å². The number of carbonyl (C=O) groups is 1. The highest BCUT2D eigenvalue weighted by Crippen LogP contribution is 2.26. The number of hydrogen-bond donors (Lipinski definition) is 1. The van der Waals surface area contributed by atoms with Crippen LogP contribution in [0, 0.1) is 5.82 Å². The Morgan fingerprint density at radius 3 is 2.71 bits per heavy atom. The van der Waals surface area contributed by atoms with E-state index < -0.39 is 15.7 Å². The van der Waals surface area contributed by atoms with Crippen LogP contribution in [0.4, 0.5) is 10.1 Å². The fraction of sp³-hybridized carbons (Fsp3) is 0.462. The average Bonchev–Trinajstić information content (AvgIpc) is 2.75. The quantitative estimate of drug-likeness (QED) is 0.813. The lowest BCUT2D eigenvalue weighted by Gasteiger charge is -2.27. The van der Waals surface area contributed by atoms with E-state index in [1.54, 1.807) is 6.92 Å². The SMILES string of the molecule is CCN(C(=O)c1cc(N)c(F)cc1Br)C1CCS(=O)(=O)C1. The highest BCUT2D eigenvalue weighted by molar-refractivity contribution is 9.10. The topological polar surface area (TPSA) is 80.5 Å². The maximum Gasteiger partial charge on any atom is 0.255 e. The van der Waals surface area contributed by atoms with Crippen LogP contribution < -0.4 is 5.73 Å². The molecular weight excluding hydrogens is 363 g/mol. The van der Waals surface area contributed by atoms with Crippen LogP contribution in [0.3, 0.4) is 0 Å². The molecule has 1 unspecified atom stereocenters. The normalized spacial score (nSPS) is 20.4. The smallest absolute Gasteiger partial charge is 0.255 e. The second-order valence-electron chi connectivity index (χ2n) is 5.00. The predicted molar refractivity (Wildman–Crippen MR) is 82.3 cm³/mol. The van der Waals surface area contributed by atoms with Crippen LogP contribution in [0.1, 0.15) is 23.7 Å². The van der Waals surface area contributed by atoms with Gasteiger partial charge in [-0.3, -0.25) is 4.79 Å². The maximum atomic E-state index is 13.3. The third kappa shape index (κ3) is 3.37. The van der Waals surface area contributed by atoms with Crippen molar-refractivity contribution in [1.29, 1.82) is 0 Å². The lowest BCUT2D eigenvalue weighted by Crippen LogP contribution is -2.41. The average molecular weight is 379 g/mol. The fourth-order valence-corrected chi connectivity index (χ4v) is 4.69. The first-order valence-electron chi connectivity index (χ1n) is 6.51. The van der Waals surface area contributed by atoms with Crippen molar-refractivity contribution in [3.05, 3.63) is 28.0 Å². The highest BCUT2D eigenvalue weighted by atomic mass is 79.9. The standard InChI is InChI=1S/C13H16BrFN2O3S/c1-2-17(8-3-4-21(19,20)7-8)13(18)9-5-12(16)11(15)6-10(9)14/h5-6,8H,2-4,7,16H2,1H3. The molecular formula is C13H16BrFN2O3S. The molecule has 0 aliphatic carbocycles. The van der Waals surface area contributed by atoms with Gasteiger partial charge in [-0.25, -0.2) is 12.8 Å². The molecule has 116 valence electrons. The number of carbonyl (C=O) groups excluding carboxylic acids is 1. The van der Waals surface area contributed by atoms with E-state index in [4.69, 9.17) is 5.73 Å². The fourth-order valence-electron chi connectivity index (χ4n) is 2.47. The molecule has 2 rings (SSSR count). The van der Waals surface area contributed by atoms with Crippen molar-refractivity contribution in [2.24, 2.45) is 0 Å². The van der Waals surface area contributed by atoms with E-state index in [0.717, 1.165) is 6.07 Å². The minimum atomic E-state index is -3.08. The number of amides is 1. The number of rotatable bonds is 3. The molecule has 8 heteroatoms. The summed E-state index contributed by atoms with van der Waals surface area (Å²) < 4.78 is 36.8. The largest absolute Gasteiger partial charge is 0.396 e. The van der Waals surface area contributed by atoms with Crippen molar-refractivity contribution in [3.63, 3.8) is 0 Å². The summed E-state index contributed by atoms with van der Waals surface area (Å²) in [5, 5.41) is 0. The number of hydrogen-bond acceptors (Lipinski definition) is 4. The van der Waals surface area contributed by atoms with Gasteiger partial charge in [0.15, 0.2) is 9.84 Å². The van der Waals surface area contributed by atoms with Crippen LogP contribution in [0.25, 0.3) is 0 Å². The molecule has 2 N–H and O–H groups in total. The Hall–Kier alpha value is -1.15. The summed E-state index contributed by atoms with van der Waals surface area (Å²) in [5.41, 5.74) is 5.62. The number of nitrogens with zero attached hydrogens (tertiary/aromatic N) is 1. The van der Waals surface area contributed by atoms with E-state index in [-0.39, 0.29) is 34.7 Å². The Morgan fingerprint density at radius 2 is 2.19 bits per heavy atom. The molecule has 1 atom stereocenters. The summed E-state index contributed by atoms with van der Waals surface area (Å²) in [6.45, 7) is 2.16. The van der Waals surface area contributed by atoms with E-state index in [2.05, 4.69) is 15.9 Å². The Morgan fingerprint density at radius 1 is 1.52 bits per heavy atom. The molecule has 1 saturated heterocycles. The summed E-state index contributed by atoms with van der Waals surface area (Å²) in [5.74, 6) is -0.891. The first-order chi connectivity index (χ1) is 9.75. The molecule has 1 aliphatic rings. The highest BCUT2D eigenvalue weighted by Gasteiger charge is 2.34. The van der Waals surface area contributed by atoms with Crippen molar-refractivity contribution in [3.8, 4) is 0 Å².